The van der Waals surface area contributed by atoms with Crippen molar-refractivity contribution in [3.8, 4) is 5.75 Å². The van der Waals surface area contributed by atoms with Crippen molar-refractivity contribution in [2.75, 3.05) is 19.7 Å². The Morgan fingerprint density at radius 3 is 3.06 bits per heavy atom. The Balaban J connectivity index is 1.57. The number of nitrogens with one attached hydrogen (secondary N) is 1. The molecule has 0 radical (unpaired) electrons. The van der Waals surface area contributed by atoms with Crippen LogP contribution in [0.2, 0.25) is 0 Å². The third kappa shape index (κ3) is 1.93. The van der Waals surface area contributed by atoms with Crippen molar-refractivity contribution in [3.63, 3.8) is 0 Å². The Bertz CT molecular complexity index is 388. The lowest BCUT2D eigenvalue weighted by atomic mass is 10.1. The first-order valence-corrected chi connectivity index (χ1v) is 5.90. The Kier molecular flexibility index (Phi) is 2.58. The van der Waals surface area contributed by atoms with Crippen molar-refractivity contribution < 1.29 is 9.47 Å². The van der Waals surface area contributed by atoms with Crippen molar-refractivity contribution >= 4 is 0 Å². The van der Waals surface area contributed by atoms with Gasteiger partial charge in [0.05, 0.1) is 12.7 Å². The number of rotatable bonds is 3. The number of fused-ring (bicyclic) bond motifs is 1. The molecule has 0 bridgehead atoms. The summed E-state index contributed by atoms with van der Waals surface area (Å²) in [7, 11) is 0. The van der Waals surface area contributed by atoms with Crippen LogP contribution in [0.3, 0.4) is 0 Å². The molecule has 16 heavy (non-hydrogen) atoms. The molecule has 2 aliphatic heterocycles. The maximum atomic E-state index is 5.84. The summed E-state index contributed by atoms with van der Waals surface area (Å²) in [5.41, 5.74) is 2.62. The van der Waals surface area contributed by atoms with E-state index in [2.05, 4.69) is 30.4 Å². The number of aryl methyl sites for hydroxylation is 1. The van der Waals surface area contributed by atoms with Crippen LogP contribution >= 0.6 is 0 Å². The first-order chi connectivity index (χ1) is 7.81. The van der Waals surface area contributed by atoms with Gasteiger partial charge in [-0.3, -0.25) is 0 Å². The molecule has 2 heterocycles. The summed E-state index contributed by atoms with van der Waals surface area (Å²) < 4.78 is 11.6. The molecule has 0 saturated carbocycles. The molecule has 1 aromatic carbocycles. The molecule has 3 nitrogen and oxygen atoms in total. The van der Waals surface area contributed by atoms with Crippen molar-refractivity contribution in [2.45, 2.75) is 25.6 Å². The summed E-state index contributed by atoms with van der Waals surface area (Å²) in [4.78, 5) is 0. The fourth-order valence-corrected chi connectivity index (χ4v) is 2.17. The highest BCUT2D eigenvalue weighted by Crippen LogP contribution is 2.29. The van der Waals surface area contributed by atoms with E-state index in [0.717, 1.165) is 25.3 Å². The van der Waals surface area contributed by atoms with Crippen molar-refractivity contribution in [1.82, 2.24) is 5.32 Å². The second kappa shape index (κ2) is 4.07. The van der Waals surface area contributed by atoms with E-state index < -0.39 is 0 Å². The van der Waals surface area contributed by atoms with Crippen LogP contribution in [0.1, 0.15) is 11.1 Å². The second-order valence-corrected chi connectivity index (χ2v) is 4.67. The van der Waals surface area contributed by atoms with Crippen LogP contribution in [0, 0.1) is 6.92 Å². The molecule has 1 saturated heterocycles. The highest BCUT2D eigenvalue weighted by atomic mass is 16.5. The summed E-state index contributed by atoms with van der Waals surface area (Å²) in [6.45, 7) is 4.79. The fourth-order valence-electron chi connectivity index (χ4n) is 2.17. The molecule has 2 aliphatic rings. The van der Waals surface area contributed by atoms with E-state index in [9.17, 15) is 0 Å². The zero-order chi connectivity index (χ0) is 11.0. The molecule has 86 valence electrons. The summed E-state index contributed by atoms with van der Waals surface area (Å²) in [5.74, 6) is 1.03. The molecule has 3 rings (SSSR count). The van der Waals surface area contributed by atoms with Gasteiger partial charge in [-0.05, 0) is 18.6 Å². The van der Waals surface area contributed by atoms with Gasteiger partial charge < -0.3 is 14.8 Å². The maximum Gasteiger partial charge on any atom is 0.126 e. The number of hydrogen-bond acceptors (Lipinski definition) is 3. The zero-order valence-electron chi connectivity index (χ0n) is 9.53. The molecule has 0 aromatic heterocycles. The van der Waals surface area contributed by atoms with Crippen LogP contribution in [0.25, 0.3) is 0 Å². The van der Waals surface area contributed by atoms with Gasteiger partial charge in [0.15, 0.2) is 0 Å². The van der Waals surface area contributed by atoms with Gasteiger partial charge >= 0.3 is 0 Å². The van der Waals surface area contributed by atoms with Gasteiger partial charge in [-0.25, -0.2) is 0 Å². The smallest absolute Gasteiger partial charge is 0.126 e. The fraction of sp³-hybridized carbons (Fsp3) is 0.538. The molecule has 1 unspecified atom stereocenters. The van der Waals surface area contributed by atoms with Crippen LogP contribution in [0.5, 0.6) is 5.75 Å². The summed E-state index contributed by atoms with van der Waals surface area (Å²) in [6.07, 6.45) is 1.59. The molecule has 1 atom stereocenters. The van der Waals surface area contributed by atoms with E-state index in [1.54, 1.807) is 0 Å². The van der Waals surface area contributed by atoms with Gasteiger partial charge in [0.2, 0.25) is 0 Å². The molecule has 1 N–H and O–H groups in total. The third-order valence-corrected chi connectivity index (χ3v) is 3.22. The Hall–Kier alpha value is -1.06. The highest BCUT2D eigenvalue weighted by molar-refractivity contribution is 5.40. The molecular formula is C13H17NO2. The van der Waals surface area contributed by atoms with E-state index in [1.165, 1.54) is 11.1 Å². The molecule has 1 aromatic rings. The standard InChI is InChI=1S/C13H17NO2/c1-9-2-3-13-10(4-9)5-11(16-13)8-15-12-6-14-7-12/h2-4,11-12,14H,5-8H2,1H3. The van der Waals surface area contributed by atoms with E-state index >= 15 is 0 Å². The number of hydrogen-bond donors (Lipinski definition) is 1. The average Bonchev–Trinajstić information content (AvgIpc) is 2.57. The van der Waals surface area contributed by atoms with E-state index in [1.807, 2.05) is 0 Å². The van der Waals surface area contributed by atoms with Crippen LogP contribution in [0.15, 0.2) is 18.2 Å². The van der Waals surface area contributed by atoms with Crippen LogP contribution in [-0.2, 0) is 11.2 Å². The van der Waals surface area contributed by atoms with Crippen molar-refractivity contribution in [2.24, 2.45) is 0 Å². The lowest BCUT2D eigenvalue weighted by Gasteiger charge is -2.28. The quantitative estimate of drug-likeness (QED) is 0.831. The van der Waals surface area contributed by atoms with Gasteiger partial charge in [0, 0.05) is 19.5 Å². The first-order valence-electron chi connectivity index (χ1n) is 5.90. The maximum absolute atomic E-state index is 5.84. The zero-order valence-corrected chi connectivity index (χ0v) is 9.53. The SMILES string of the molecule is Cc1ccc2c(c1)CC(COC1CNC1)O2. The summed E-state index contributed by atoms with van der Waals surface area (Å²) >= 11 is 0. The first kappa shape index (κ1) is 10.1. The van der Waals surface area contributed by atoms with Crippen LogP contribution in [0.4, 0.5) is 0 Å². The van der Waals surface area contributed by atoms with Crippen LogP contribution < -0.4 is 10.1 Å². The molecule has 0 amide bonds. The van der Waals surface area contributed by atoms with Crippen molar-refractivity contribution in [1.29, 1.82) is 0 Å². The number of benzene rings is 1. The Morgan fingerprint density at radius 1 is 1.44 bits per heavy atom. The predicted molar refractivity (Wildman–Crippen MR) is 61.9 cm³/mol. The van der Waals surface area contributed by atoms with E-state index in [4.69, 9.17) is 9.47 Å². The van der Waals surface area contributed by atoms with Crippen LogP contribution in [-0.4, -0.2) is 31.9 Å². The largest absolute Gasteiger partial charge is 0.487 e. The minimum absolute atomic E-state index is 0.206. The van der Waals surface area contributed by atoms with E-state index in [0.29, 0.717) is 12.7 Å². The molecule has 0 spiro atoms. The minimum atomic E-state index is 0.206. The third-order valence-electron chi connectivity index (χ3n) is 3.22. The summed E-state index contributed by atoms with van der Waals surface area (Å²) in [6, 6.07) is 6.37. The molecule has 3 heteroatoms. The molecule has 0 aliphatic carbocycles. The predicted octanol–water partition coefficient (Wildman–Crippen LogP) is 1.29. The topological polar surface area (TPSA) is 30.5 Å². The summed E-state index contributed by atoms with van der Waals surface area (Å²) in [5, 5.41) is 3.20. The lowest BCUT2D eigenvalue weighted by molar-refractivity contribution is -0.0172. The normalized spacial score (nSPS) is 23.7. The monoisotopic (exact) mass is 219 g/mol. The van der Waals surface area contributed by atoms with Gasteiger partial charge in [-0.1, -0.05) is 17.7 Å². The highest BCUT2D eigenvalue weighted by Gasteiger charge is 2.25. The van der Waals surface area contributed by atoms with Gasteiger partial charge in [-0.2, -0.15) is 0 Å². The Labute approximate surface area is 95.8 Å². The average molecular weight is 219 g/mol. The van der Waals surface area contributed by atoms with Gasteiger partial charge in [-0.15, -0.1) is 0 Å². The second-order valence-electron chi connectivity index (χ2n) is 4.67. The minimum Gasteiger partial charge on any atom is -0.487 e. The molecular weight excluding hydrogens is 202 g/mol. The van der Waals surface area contributed by atoms with Gasteiger partial charge in [0.25, 0.3) is 0 Å². The number of ether oxygens (including phenoxy) is 2. The lowest BCUT2D eigenvalue weighted by Crippen LogP contribution is -2.49. The Morgan fingerprint density at radius 2 is 2.31 bits per heavy atom. The van der Waals surface area contributed by atoms with Gasteiger partial charge in [0.1, 0.15) is 11.9 Å². The van der Waals surface area contributed by atoms with Crippen molar-refractivity contribution in [3.05, 3.63) is 29.3 Å². The van der Waals surface area contributed by atoms with E-state index in [-0.39, 0.29) is 6.10 Å². The molecule has 1 fully saturated rings.